The van der Waals surface area contributed by atoms with Crippen molar-refractivity contribution in [3.63, 3.8) is 0 Å². The van der Waals surface area contributed by atoms with Crippen LogP contribution >= 0.6 is 0 Å². The SMILES string of the molecule is CC[NH+](CC)CCN1C(=O)C(=O)/C(=C(/[O-])c2ccc(OC(C)C)cc2)C1c1ccc([N+](=O)[O-])cc1. The van der Waals surface area contributed by atoms with Gasteiger partial charge in [0, 0.05) is 17.7 Å². The maximum Gasteiger partial charge on any atom is 0.295 e. The first-order chi connectivity index (χ1) is 16.7. The summed E-state index contributed by atoms with van der Waals surface area (Å²) in [4.78, 5) is 39.4. The molecular formula is C26H31N3O6. The zero-order chi connectivity index (χ0) is 25.7. The molecule has 1 saturated heterocycles. The fourth-order valence-corrected chi connectivity index (χ4v) is 4.22. The molecule has 0 radical (unpaired) electrons. The van der Waals surface area contributed by atoms with Gasteiger partial charge >= 0.3 is 0 Å². The molecule has 2 aromatic carbocycles. The molecule has 35 heavy (non-hydrogen) atoms. The van der Waals surface area contributed by atoms with E-state index < -0.39 is 28.4 Å². The molecule has 186 valence electrons. The molecule has 1 N–H and O–H groups in total. The predicted octanol–water partition coefficient (Wildman–Crippen LogP) is 1.53. The standard InChI is InChI=1S/C26H31N3O6/c1-5-27(6-2)15-16-28-23(18-7-11-20(12-8-18)29(33)34)22(25(31)26(28)32)24(30)19-9-13-21(14-10-19)35-17(3)4/h7-14,17,23,30H,5-6,15-16H2,1-4H3/b24-22+. The summed E-state index contributed by atoms with van der Waals surface area (Å²) in [6.07, 6.45) is -0.0343. The van der Waals surface area contributed by atoms with Crippen LogP contribution in [-0.4, -0.2) is 53.8 Å². The first-order valence-electron chi connectivity index (χ1n) is 11.8. The van der Waals surface area contributed by atoms with Crippen molar-refractivity contribution in [2.45, 2.75) is 39.8 Å². The van der Waals surface area contributed by atoms with Gasteiger partial charge < -0.3 is 19.6 Å². The number of nitro benzene ring substituents is 1. The number of ether oxygens (including phenoxy) is 1. The molecule has 1 unspecified atom stereocenters. The normalized spacial score (nSPS) is 17.4. The largest absolute Gasteiger partial charge is 0.872 e. The monoisotopic (exact) mass is 481 g/mol. The van der Waals surface area contributed by atoms with Gasteiger partial charge in [-0.1, -0.05) is 17.9 Å². The minimum atomic E-state index is -0.912. The Kier molecular flexibility index (Phi) is 8.24. The molecule has 1 atom stereocenters. The number of hydrogen-bond donors (Lipinski definition) is 1. The maximum absolute atomic E-state index is 13.5. The first-order valence-corrected chi connectivity index (χ1v) is 11.8. The molecule has 9 heteroatoms. The Morgan fingerprint density at radius 1 is 1.06 bits per heavy atom. The summed E-state index contributed by atoms with van der Waals surface area (Å²) in [5, 5.41) is 24.6. The lowest BCUT2D eigenvalue weighted by molar-refractivity contribution is -0.895. The highest BCUT2D eigenvalue weighted by molar-refractivity contribution is 6.46. The van der Waals surface area contributed by atoms with Gasteiger partial charge in [-0.2, -0.15) is 0 Å². The summed E-state index contributed by atoms with van der Waals surface area (Å²) in [5.41, 5.74) is 0.487. The van der Waals surface area contributed by atoms with Crippen LogP contribution < -0.4 is 14.7 Å². The first kappa shape index (κ1) is 25.9. The number of carbonyl (C=O) groups is 2. The van der Waals surface area contributed by atoms with Crippen molar-refractivity contribution in [1.29, 1.82) is 0 Å². The molecule has 1 aliphatic heterocycles. The molecular weight excluding hydrogens is 450 g/mol. The zero-order valence-corrected chi connectivity index (χ0v) is 20.4. The molecule has 3 rings (SSSR count). The van der Waals surface area contributed by atoms with Crippen molar-refractivity contribution < 1.29 is 29.3 Å². The minimum Gasteiger partial charge on any atom is -0.872 e. The van der Waals surface area contributed by atoms with Crippen LogP contribution in [0, 0.1) is 10.1 Å². The third-order valence-electron chi connectivity index (χ3n) is 6.14. The van der Waals surface area contributed by atoms with Gasteiger partial charge in [-0.05, 0) is 63.1 Å². The van der Waals surface area contributed by atoms with Gasteiger partial charge in [-0.3, -0.25) is 19.7 Å². The van der Waals surface area contributed by atoms with E-state index in [4.69, 9.17) is 4.74 Å². The van der Waals surface area contributed by atoms with Gasteiger partial charge in [0.15, 0.2) is 0 Å². The van der Waals surface area contributed by atoms with E-state index in [1.165, 1.54) is 34.1 Å². The van der Waals surface area contributed by atoms with Crippen LogP contribution in [0.25, 0.3) is 5.76 Å². The third kappa shape index (κ3) is 5.68. The predicted molar refractivity (Wildman–Crippen MR) is 129 cm³/mol. The highest BCUT2D eigenvalue weighted by Crippen LogP contribution is 2.39. The minimum absolute atomic E-state index is 0.0343. The van der Waals surface area contributed by atoms with E-state index in [1.54, 1.807) is 24.3 Å². The van der Waals surface area contributed by atoms with E-state index in [2.05, 4.69) is 0 Å². The van der Waals surface area contributed by atoms with E-state index in [-0.39, 0.29) is 29.5 Å². The number of hydrogen-bond acceptors (Lipinski definition) is 6. The fraction of sp³-hybridized carbons (Fsp3) is 0.385. The average Bonchev–Trinajstić information content (AvgIpc) is 3.09. The molecule has 0 spiro atoms. The van der Waals surface area contributed by atoms with Crippen LogP contribution in [0.5, 0.6) is 5.75 Å². The Bertz CT molecular complexity index is 1100. The molecule has 1 amide bonds. The Hall–Kier alpha value is -3.72. The Morgan fingerprint density at radius 3 is 2.17 bits per heavy atom. The number of amides is 1. The molecule has 1 fully saturated rings. The fourth-order valence-electron chi connectivity index (χ4n) is 4.22. The van der Waals surface area contributed by atoms with Gasteiger partial charge in [-0.25, -0.2) is 0 Å². The van der Waals surface area contributed by atoms with Crippen molar-refractivity contribution in [1.82, 2.24) is 4.90 Å². The summed E-state index contributed by atoms with van der Waals surface area (Å²) < 4.78 is 5.62. The molecule has 1 aliphatic rings. The topological polar surface area (TPSA) is 117 Å². The number of benzene rings is 2. The Morgan fingerprint density at radius 2 is 1.66 bits per heavy atom. The number of likely N-dealkylation sites (tertiary alicyclic amines) is 1. The number of rotatable bonds is 10. The summed E-state index contributed by atoms with van der Waals surface area (Å²) in [5.74, 6) is -1.52. The van der Waals surface area contributed by atoms with Gasteiger partial charge in [-0.15, -0.1) is 0 Å². The van der Waals surface area contributed by atoms with Gasteiger partial charge in [0.1, 0.15) is 5.75 Å². The second kappa shape index (κ2) is 11.1. The molecule has 0 saturated carbocycles. The summed E-state index contributed by atoms with van der Waals surface area (Å²) >= 11 is 0. The Balaban J connectivity index is 2.06. The summed E-state index contributed by atoms with van der Waals surface area (Å²) in [6.45, 7) is 10.5. The second-order valence-electron chi connectivity index (χ2n) is 8.72. The van der Waals surface area contributed by atoms with E-state index in [9.17, 15) is 24.8 Å². The number of likely N-dealkylation sites (N-methyl/N-ethyl adjacent to an activating group) is 1. The van der Waals surface area contributed by atoms with Crippen LogP contribution in [0.15, 0.2) is 54.1 Å². The third-order valence-corrected chi connectivity index (χ3v) is 6.14. The lowest BCUT2D eigenvalue weighted by Gasteiger charge is -2.28. The maximum atomic E-state index is 13.5. The van der Waals surface area contributed by atoms with E-state index in [0.717, 1.165) is 13.1 Å². The molecule has 0 aliphatic carbocycles. The number of ketones is 1. The number of non-ortho nitro benzene ring substituents is 1. The number of carbonyl (C=O) groups excluding carboxylic acids is 2. The van der Waals surface area contributed by atoms with Crippen molar-refractivity contribution in [3.8, 4) is 5.75 Å². The number of Topliss-reactive ketones (excluding diaryl/α,β-unsaturated/α-hetero) is 1. The molecule has 9 nitrogen and oxygen atoms in total. The van der Waals surface area contributed by atoms with E-state index in [1.807, 2.05) is 27.7 Å². The number of nitrogens with one attached hydrogen (secondary N) is 1. The lowest BCUT2D eigenvalue weighted by Crippen LogP contribution is -3.12. The number of nitrogens with zero attached hydrogens (tertiary/aromatic N) is 2. The molecule has 1 heterocycles. The van der Waals surface area contributed by atoms with Crippen LogP contribution in [0.4, 0.5) is 5.69 Å². The Labute approximate surface area is 204 Å². The van der Waals surface area contributed by atoms with Crippen LogP contribution in [-0.2, 0) is 9.59 Å². The van der Waals surface area contributed by atoms with Gasteiger partial charge in [0.05, 0.1) is 43.2 Å². The van der Waals surface area contributed by atoms with Crippen LogP contribution in [0.3, 0.4) is 0 Å². The van der Waals surface area contributed by atoms with Crippen molar-refractivity contribution >= 4 is 23.1 Å². The number of quaternary nitrogens is 1. The lowest BCUT2D eigenvalue weighted by atomic mass is 9.95. The average molecular weight is 482 g/mol. The smallest absolute Gasteiger partial charge is 0.295 e. The van der Waals surface area contributed by atoms with Gasteiger partial charge in [0.2, 0.25) is 5.78 Å². The molecule has 0 bridgehead atoms. The summed E-state index contributed by atoms with van der Waals surface area (Å²) in [7, 11) is 0. The van der Waals surface area contributed by atoms with E-state index >= 15 is 0 Å². The zero-order valence-electron chi connectivity index (χ0n) is 20.4. The van der Waals surface area contributed by atoms with Crippen LogP contribution in [0.1, 0.15) is 44.9 Å². The van der Waals surface area contributed by atoms with Crippen molar-refractivity contribution in [3.05, 3.63) is 75.3 Å². The van der Waals surface area contributed by atoms with Crippen molar-refractivity contribution in [2.24, 2.45) is 0 Å². The quantitative estimate of drug-likeness (QED) is 0.181. The van der Waals surface area contributed by atoms with Crippen molar-refractivity contribution in [2.75, 3.05) is 26.2 Å². The second-order valence-corrected chi connectivity index (χ2v) is 8.72. The number of nitro groups is 1. The highest BCUT2D eigenvalue weighted by Gasteiger charge is 2.44. The molecule has 2 aromatic rings. The highest BCUT2D eigenvalue weighted by atomic mass is 16.6. The van der Waals surface area contributed by atoms with E-state index in [0.29, 0.717) is 17.9 Å². The molecule has 0 aromatic heterocycles. The summed E-state index contributed by atoms with van der Waals surface area (Å²) in [6, 6.07) is 11.2. The van der Waals surface area contributed by atoms with Crippen LogP contribution in [0.2, 0.25) is 0 Å². The van der Waals surface area contributed by atoms with Gasteiger partial charge in [0.25, 0.3) is 11.6 Å².